The summed E-state index contributed by atoms with van der Waals surface area (Å²) in [5.41, 5.74) is 0.589. The van der Waals surface area contributed by atoms with Crippen molar-refractivity contribution in [3.63, 3.8) is 0 Å². The Kier molecular flexibility index (Phi) is 5.33. The average molecular weight is 476 g/mol. The highest BCUT2D eigenvalue weighted by Crippen LogP contribution is 2.37. The predicted molar refractivity (Wildman–Crippen MR) is 127 cm³/mol. The lowest BCUT2D eigenvalue weighted by Gasteiger charge is -2.33. The lowest BCUT2D eigenvalue weighted by molar-refractivity contribution is -0.118. The first kappa shape index (κ1) is 21.5. The van der Waals surface area contributed by atoms with Crippen LogP contribution in [0.1, 0.15) is 19.3 Å². The topological polar surface area (TPSA) is 128 Å². The van der Waals surface area contributed by atoms with E-state index in [-0.39, 0.29) is 36.3 Å². The first-order chi connectivity index (χ1) is 17.1. The molecule has 180 valence electrons. The van der Waals surface area contributed by atoms with E-state index in [0.717, 1.165) is 18.2 Å². The zero-order valence-corrected chi connectivity index (χ0v) is 18.8. The molecule has 3 aromatic heterocycles. The molecule has 35 heavy (non-hydrogen) atoms. The van der Waals surface area contributed by atoms with Crippen molar-refractivity contribution in [1.82, 2.24) is 19.9 Å². The normalized spacial score (nSPS) is 23.3. The Hall–Kier alpha value is -3.99. The molecule has 0 bridgehead atoms. The van der Waals surface area contributed by atoms with Gasteiger partial charge in [-0.15, -0.1) is 0 Å². The smallest absolute Gasteiger partial charge is 0.416 e. The number of carbonyl (C=O) groups excluding carboxylic acids is 2. The SMILES string of the molecule is O=C1COc2ccc(N3C(=O)O[C@@H]4C[C@H](NCCn5c(=O)ccc6cccnc65)CC[C@H]43)nc2N1. The Bertz CT molecular complexity index is 1370. The van der Waals surface area contributed by atoms with Crippen LogP contribution in [0.25, 0.3) is 11.0 Å². The summed E-state index contributed by atoms with van der Waals surface area (Å²) in [5, 5.41) is 7.11. The molecule has 11 heteroatoms. The van der Waals surface area contributed by atoms with Crippen LogP contribution in [0.3, 0.4) is 0 Å². The van der Waals surface area contributed by atoms with Crippen LogP contribution in [0.15, 0.2) is 47.4 Å². The molecule has 3 aliphatic rings. The molecule has 3 atom stereocenters. The first-order valence-electron chi connectivity index (χ1n) is 11.7. The van der Waals surface area contributed by atoms with Crippen molar-refractivity contribution in [2.75, 3.05) is 23.4 Å². The second-order valence-corrected chi connectivity index (χ2v) is 8.92. The third-order valence-electron chi connectivity index (χ3n) is 6.76. The predicted octanol–water partition coefficient (Wildman–Crippen LogP) is 1.66. The molecule has 0 radical (unpaired) electrons. The Morgan fingerprint density at radius 2 is 2.03 bits per heavy atom. The minimum atomic E-state index is -0.440. The number of fused-ring (bicyclic) bond motifs is 3. The average Bonchev–Trinajstić information content (AvgIpc) is 3.19. The second kappa shape index (κ2) is 8.66. The molecule has 2 fully saturated rings. The molecule has 1 saturated carbocycles. The third-order valence-corrected chi connectivity index (χ3v) is 6.76. The van der Waals surface area contributed by atoms with Gasteiger partial charge >= 0.3 is 6.09 Å². The number of ether oxygens (including phenoxy) is 2. The van der Waals surface area contributed by atoms with Gasteiger partial charge in [0.15, 0.2) is 18.2 Å². The van der Waals surface area contributed by atoms with Gasteiger partial charge in [-0.3, -0.25) is 19.1 Å². The lowest BCUT2D eigenvalue weighted by atomic mass is 9.88. The van der Waals surface area contributed by atoms with Crippen LogP contribution < -0.4 is 25.8 Å². The molecule has 3 aromatic rings. The van der Waals surface area contributed by atoms with Crippen LogP contribution in [-0.2, 0) is 16.1 Å². The number of nitrogens with one attached hydrogen (secondary N) is 2. The summed E-state index contributed by atoms with van der Waals surface area (Å²) in [7, 11) is 0. The van der Waals surface area contributed by atoms with E-state index in [1.54, 1.807) is 39.9 Å². The number of nitrogens with zero attached hydrogens (tertiary/aromatic N) is 4. The van der Waals surface area contributed by atoms with Crippen LogP contribution >= 0.6 is 0 Å². The summed E-state index contributed by atoms with van der Waals surface area (Å²) in [6.07, 6.45) is 3.24. The molecule has 1 saturated heterocycles. The molecule has 0 unspecified atom stereocenters. The molecular weight excluding hydrogens is 452 g/mol. The van der Waals surface area contributed by atoms with Gasteiger partial charge in [0.05, 0.1) is 6.04 Å². The fourth-order valence-corrected chi connectivity index (χ4v) is 5.11. The number of pyridine rings is 3. The highest BCUT2D eigenvalue weighted by molar-refractivity contribution is 5.95. The van der Waals surface area contributed by atoms with E-state index in [1.807, 2.05) is 12.1 Å². The molecule has 5 heterocycles. The number of amides is 2. The van der Waals surface area contributed by atoms with Crippen LogP contribution in [-0.4, -0.2) is 57.9 Å². The molecule has 1 aliphatic carbocycles. The molecule has 2 amide bonds. The summed E-state index contributed by atoms with van der Waals surface area (Å²) >= 11 is 0. The Labute approximate surface area is 200 Å². The van der Waals surface area contributed by atoms with E-state index in [2.05, 4.69) is 20.6 Å². The Morgan fingerprint density at radius 3 is 2.94 bits per heavy atom. The molecular formula is C24H24N6O5. The van der Waals surface area contributed by atoms with E-state index >= 15 is 0 Å². The number of hydrogen-bond acceptors (Lipinski definition) is 8. The summed E-state index contributed by atoms with van der Waals surface area (Å²) in [6.45, 7) is 1.04. The summed E-state index contributed by atoms with van der Waals surface area (Å²) in [4.78, 5) is 47.1. The van der Waals surface area contributed by atoms with Crippen molar-refractivity contribution >= 4 is 34.7 Å². The van der Waals surface area contributed by atoms with Gasteiger partial charge in [-0.05, 0) is 43.2 Å². The van der Waals surface area contributed by atoms with Gasteiger partial charge in [0.25, 0.3) is 11.5 Å². The van der Waals surface area contributed by atoms with E-state index in [9.17, 15) is 14.4 Å². The van der Waals surface area contributed by atoms with Crippen LogP contribution in [0.4, 0.5) is 16.4 Å². The molecule has 6 rings (SSSR count). The largest absolute Gasteiger partial charge is 0.480 e. The van der Waals surface area contributed by atoms with Crippen molar-refractivity contribution in [2.24, 2.45) is 0 Å². The summed E-state index contributed by atoms with van der Waals surface area (Å²) in [5.74, 6) is 0.938. The summed E-state index contributed by atoms with van der Waals surface area (Å²) < 4.78 is 12.7. The third kappa shape index (κ3) is 3.97. The maximum atomic E-state index is 12.7. The Morgan fingerprint density at radius 1 is 1.11 bits per heavy atom. The van der Waals surface area contributed by atoms with Crippen LogP contribution in [0, 0.1) is 0 Å². The van der Waals surface area contributed by atoms with Gasteiger partial charge in [-0.2, -0.15) is 0 Å². The highest BCUT2D eigenvalue weighted by Gasteiger charge is 2.46. The Balaban J connectivity index is 1.10. The minimum Gasteiger partial charge on any atom is -0.480 e. The van der Waals surface area contributed by atoms with Gasteiger partial charge in [0.2, 0.25) is 0 Å². The fraction of sp³-hybridized carbons (Fsp3) is 0.375. The number of rotatable bonds is 5. The highest BCUT2D eigenvalue weighted by atomic mass is 16.6. The monoisotopic (exact) mass is 476 g/mol. The molecule has 11 nitrogen and oxygen atoms in total. The molecule has 0 spiro atoms. The van der Waals surface area contributed by atoms with Gasteiger partial charge in [0.1, 0.15) is 17.6 Å². The van der Waals surface area contributed by atoms with Crippen LogP contribution in [0.5, 0.6) is 5.75 Å². The maximum absolute atomic E-state index is 12.7. The maximum Gasteiger partial charge on any atom is 0.416 e. The first-order valence-corrected chi connectivity index (χ1v) is 11.7. The number of carbonyl (C=O) groups is 2. The van der Waals surface area contributed by atoms with Crippen LogP contribution in [0.2, 0.25) is 0 Å². The molecule has 0 aromatic carbocycles. The van der Waals surface area contributed by atoms with E-state index < -0.39 is 6.09 Å². The number of hydrogen-bond donors (Lipinski definition) is 2. The number of aromatic nitrogens is 3. The fourth-order valence-electron chi connectivity index (χ4n) is 5.11. The van der Waals surface area contributed by atoms with E-state index in [4.69, 9.17) is 9.47 Å². The lowest BCUT2D eigenvalue weighted by Crippen LogP contribution is -2.46. The quantitative estimate of drug-likeness (QED) is 0.569. The van der Waals surface area contributed by atoms with E-state index in [1.165, 1.54) is 0 Å². The molecule has 2 aliphatic heterocycles. The minimum absolute atomic E-state index is 0.0511. The molecule has 2 N–H and O–H groups in total. The van der Waals surface area contributed by atoms with Crippen molar-refractivity contribution in [1.29, 1.82) is 0 Å². The summed E-state index contributed by atoms with van der Waals surface area (Å²) in [6, 6.07) is 10.6. The zero-order chi connectivity index (χ0) is 23.9. The van der Waals surface area contributed by atoms with Crippen molar-refractivity contribution in [3.8, 4) is 5.75 Å². The van der Waals surface area contributed by atoms with Gasteiger partial charge in [-0.25, -0.2) is 14.8 Å². The van der Waals surface area contributed by atoms with Crippen molar-refractivity contribution in [2.45, 2.75) is 44.0 Å². The standard InChI is InChI=1S/C24H24N6O5/c31-20-13-34-17-6-7-19(27-22(17)28-20)30-16-5-4-15(12-18(16)35-24(30)33)25-10-11-29-21(32)8-3-14-2-1-9-26-23(14)29/h1-3,6-9,15-16,18,25H,4-5,10-13H2,(H,27,28,31)/t15-,16-,18-/m1/s1. The van der Waals surface area contributed by atoms with Gasteiger partial charge < -0.3 is 20.1 Å². The van der Waals surface area contributed by atoms with Crippen molar-refractivity contribution < 1.29 is 19.1 Å². The van der Waals surface area contributed by atoms with E-state index in [0.29, 0.717) is 42.5 Å². The zero-order valence-electron chi connectivity index (χ0n) is 18.8. The van der Waals surface area contributed by atoms with Gasteiger partial charge in [-0.1, -0.05) is 0 Å². The second-order valence-electron chi connectivity index (χ2n) is 8.92. The van der Waals surface area contributed by atoms with Crippen molar-refractivity contribution in [3.05, 3.63) is 52.9 Å². The number of anilines is 2. The van der Waals surface area contributed by atoms with Gasteiger partial charge in [0, 0.05) is 43.2 Å².